The molecule has 348 valence electrons. The van der Waals surface area contributed by atoms with Gasteiger partial charge in [0, 0.05) is 67.9 Å². The minimum atomic E-state index is -0.253. The summed E-state index contributed by atoms with van der Waals surface area (Å²) in [6.07, 6.45) is 7.09. The van der Waals surface area contributed by atoms with Crippen molar-refractivity contribution in [2.75, 3.05) is 58.9 Å². The van der Waals surface area contributed by atoms with E-state index in [0.29, 0.717) is 19.6 Å². The zero-order chi connectivity index (χ0) is 47.1. The number of halogens is 3. The van der Waals surface area contributed by atoms with Crippen molar-refractivity contribution in [3.63, 3.8) is 0 Å². The summed E-state index contributed by atoms with van der Waals surface area (Å²) in [7, 11) is 0. The molecule has 3 aromatic heterocycles. The predicted molar refractivity (Wildman–Crippen MR) is 256 cm³/mol. The Morgan fingerprint density at radius 2 is 0.591 bits per heavy atom. The lowest BCUT2D eigenvalue weighted by molar-refractivity contribution is 0.0937. The first-order valence-electron chi connectivity index (χ1n) is 23.3. The van der Waals surface area contributed by atoms with Crippen LogP contribution in [0.15, 0.2) is 91.0 Å². The van der Waals surface area contributed by atoms with E-state index in [2.05, 4.69) is 14.7 Å². The fourth-order valence-corrected chi connectivity index (χ4v) is 9.78. The maximum absolute atomic E-state index is 13.1. The number of ketones is 3. The highest BCUT2D eigenvalue weighted by Gasteiger charge is 2.24. The largest absolute Gasteiger partial charge is 0.318 e. The number of Topliss-reactive ketones (excluding diaryl/α,β-unsaturated/α-hetero) is 3. The molecule has 0 aliphatic carbocycles. The van der Waals surface area contributed by atoms with Gasteiger partial charge in [0.1, 0.15) is 17.5 Å². The Morgan fingerprint density at radius 3 is 0.803 bits per heavy atom. The fourth-order valence-electron chi connectivity index (χ4n) is 9.78. The Morgan fingerprint density at radius 1 is 0.379 bits per heavy atom. The summed E-state index contributed by atoms with van der Waals surface area (Å²) in [6, 6.07) is 24.9. The quantitative estimate of drug-likeness (QED) is 0.114. The highest BCUT2D eigenvalue weighted by atomic mass is 19.1. The molecule has 0 N–H and O–H groups in total. The molecule has 0 saturated carbocycles. The van der Waals surface area contributed by atoms with Gasteiger partial charge in [-0.15, -0.1) is 0 Å². The topological polar surface area (TPSA) is 75.7 Å². The summed E-state index contributed by atoms with van der Waals surface area (Å²) in [5.74, 6) is -0.250. The first-order valence-corrected chi connectivity index (χ1v) is 23.3. The van der Waals surface area contributed by atoms with Crippen LogP contribution >= 0.6 is 0 Å². The number of nitrogens with zero attached hydrogens (tertiary/aromatic N) is 6. The van der Waals surface area contributed by atoms with Crippen molar-refractivity contribution in [2.45, 2.75) is 80.1 Å². The van der Waals surface area contributed by atoms with Crippen LogP contribution in [-0.2, 0) is 0 Å². The molecule has 3 aliphatic heterocycles. The summed E-state index contributed by atoms with van der Waals surface area (Å²) < 4.78 is 45.3. The third-order valence-corrected chi connectivity index (χ3v) is 13.1. The van der Waals surface area contributed by atoms with Gasteiger partial charge in [0.15, 0.2) is 17.3 Å². The van der Waals surface area contributed by atoms with Gasteiger partial charge < -0.3 is 13.7 Å². The number of rotatable bonds is 12. The van der Waals surface area contributed by atoms with Crippen molar-refractivity contribution in [3.8, 4) is 17.1 Å². The van der Waals surface area contributed by atoms with Crippen LogP contribution in [0.3, 0.4) is 0 Å². The Bertz CT molecular complexity index is 2340. The summed E-state index contributed by atoms with van der Waals surface area (Å²) in [4.78, 5) is 44.3. The van der Waals surface area contributed by atoms with Gasteiger partial charge in [-0.3, -0.25) is 29.1 Å². The van der Waals surface area contributed by atoms with Crippen molar-refractivity contribution in [2.24, 2.45) is 0 Å². The maximum atomic E-state index is 13.1. The lowest BCUT2D eigenvalue weighted by atomic mass is 10.1. The standard InChI is InChI=1S/3C18H21FN2O/c3*1-13-11-17(18(22)12-20-9-3-4-10-20)14(2)21(13)16-7-5-15(19)6-8-16/h3*5-8,11H,3-4,9-10,12H2,1-2H3. The molecule has 6 aromatic rings. The van der Waals surface area contributed by atoms with Crippen LogP contribution in [0.1, 0.15) is 104 Å². The predicted octanol–water partition coefficient (Wildman–Crippen LogP) is 10.5. The number of carbonyl (C=O) groups excluding carboxylic acids is 3. The molecule has 0 unspecified atom stereocenters. The molecule has 66 heavy (non-hydrogen) atoms. The molecule has 0 amide bonds. The van der Waals surface area contributed by atoms with E-state index in [1.807, 2.05) is 73.4 Å². The minimum Gasteiger partial charge on any atom is -0.318 e. The molecule has 9 nitrogen and oxygen atoms in total. The molecular formula is C54H63F3N6O3. The molecule has 0 atom stereocenters. The normalized spacial score (nSPS) is 15.4. The minimum absolute atomic E-state index is 0.170. The van der Waals surface area contributed by atoms with E-state index in [1.165, 1.54) is 74.9 Å². The van der Waals surface area contributed by atoms with E-state index in [1.54, 1.807) is 36.4 Å². The van der Waals surface area contributed by atoms with Gasteiger partial charge >= 0.3 is 0 Å². The third-order valence-electron chi connectivity index (χ3n) is 13.1. The van der Waals surface area contributed by atoms with Gasteiger partial charge in [0.2, 0.25) is 0 Å². The molecule has 0 bridgehead atoms. The number of carbonyl (C=O) groups is 3. The van der Waals surface area contributed by atoms with E-state index < -0.39 is 0 Å². The van der Waals surface area contributed by atoms with Gasteiger partial charge in [-0.25, -0.2) is 13.2 Å². The van der Waals surface area contributed by atoms with E-state index in [-0.39, 0.29) is 34.8 Å². The zero-order valence-corrected chi connectivity index (χ0v) is 39.3. The van der Waals surface area contributed by atoms with Gasteiger partial charge in [0.25, 0.3) is 0 Å². The molecule has 6 heterocycles. The molecule has 0 radical (unpaired) electrons. The summed E-state index contributed by atoms with van der Waals surface area (Å²) >= 11 is 0. The maximum Gasteiger partial charge on any atom is 0.178 e. The highest BCUT2D eigenvalue weighted by Crippen LogP contribution is 2.25. The Balaban J connectivity index is 0.000000147. The fraction of sp³-hybridized carbons (Fsp3) is 0.389. The number of hydrogen-bond donors (Lipinski definition) is 0. The van der Waals surface area contributed by atoms with Gasteiger partial charge in [-0.1, -0.05) is 0 Å². The van der Waals surface area contributed by atoms with Crippen LogP contribution < -0.4 is 0 Å². The molecule has 0 spiro atoms. The highest BCUT2D eigenvalue weighted by molar-refractivity contribution is 6.00. The van der Waals surface area contributed by atoms with E-state index in [0.717, 1.165) is 107 Å². The molecule has 3 aliphatic rings. The Kier molecular flexibility index (Phi) is 15.8. The van der Waals surface area contributed by atoms with Crippen molar-refractivity contribution in [1.82, 2.24) is 28.4 Å². The first-order chi connectivity index (χ1) is 31.7. The second-order valence-corrected chi connectivity index (χ2v) is 18.0. The summed E-state index contributed by atoms with van der Waals surface area (Å²) in [5, 5.41) is 0. The van der Waals surface area contributed by atoms with Crippen molar-refractivity contribution in [3.05, 3.63) is 159 Å². The number of likely N-dealkylation sites (tertiary alicyclic amines) is 3. The monoisotopic (exact) mass is 900 g/mol. The van der Waals surface area contributed by atoms with Gasteiger partial charge in [0.05, 0.1) is 19.6 Å². The van der Waals surface area contributed by atoms with Crippen LogP contribution in [0.4, 0.5) is 13.2 Å². The summed E-state index contributed by atoms with van der Waals surface area (Å²) in [5.41, 5.74) is 10.7. The second-order valence-electron chi connectivity index (χ2n) is 18.0. The first kappa shape index (κ1) is 48.1. The smallest absolute Gasteiger partial charge is 0.178 e. The number of aromatic nitrogens is 3. The molecule has 12 heteroatoms. The van der Waals surface area contributed by atoms with E-state index in [4.69, 9.17) is 0 Å². The number of hydrogen-bond acceptors (Lipinski definition) is 6. The molecule has 3 aromatic carbocycles. The average Bonchev–Trinajstić information content (AvgIpc) is 4.18. The average molecular weight is 901 g/mol. The number of benzene rings is 3. The number of aryl methyl sites for hydroxylation is 3. The van der Waals surface area contributed by atoms with Crippen LogP contribution in [0.25, 0.3) is 17.1 Å². The van der Waals surface area contributed by atoms with E-state index in [9.17, 15) is 27.6 Å². The van der Waals surface area contributed by atoms with Crippen molar-refractivity contribution < 1.29 is 27.6 Å². The lowest BCUT2D eigenvalue weighted by Gasteiger charge is -2.13. The van der Waals surface area contributed by atoms with Crippen LogP contribution in [-0.4, -0.2) is 105 Å². The van der Waals surface area contributed by atoms with Crippen LogP contribution in [0, 0.1) is 59.0 Å². The zero-order valence-electron chi connectivity index (χ0n) is 39.3. The Hall–Kier alpha value is -5.82. The molecule has 9 rings (SSSR count). The lowest BCUT2D eigenvalue weighted by Crippen LogP contribution is -2.27. The van der Waals surface area contributed by atoms with Gasteiger partial charge in [-0.05, 0) is 210 Å². The molecule has 3 saturated heterocycles. The summed E-state index contributed by atoms with van der Waals surface area (Å²) in [6.45, 7) is 19.4. The van der Waals surface area contributed by atoms with Gasteiger partial charge in [-0.2, -0.15) is 0 Å². The van der Waals surface area contributed by atoms with Crippen LogP contribution in [0.2, 0.25) is 0 Å². The van der Waals surface area contributed by atoms with Crippen LogP contribution in [0.5, 0.6) is 0 Å². The van der Waals surface area contributed by atoms with Crippen molar-refractivity contribution >= 4 is 17.3 Å². The SMILES string of the molecule is Cc1cc(C(=O)CN2CCCC2)c(C)n1-c1ccc(F)cc1.Cc1cc(C(=O)CN2CCCC2)c(C)n1-c1ccc(F)cc1.Cc1cc(C(=O)CN2CCCC2)c(C)n1-c1ccc(F)cc1. The molecule has 3 fully saturated rings. The third kappa shape index (κ3) is 11.4. The van der Waals surface area contributed by atoms with E-state index >= 15 is 0 Å². The molecular weight excluding hydrogens is 838 g/mol. The second kappa shape index (κ2) is 21.7. The van der Waals surface area contributed by atoms with Crippen molar-refractivity contribution in [1.29, 1.82) is 0 Å². The Labute approximate surface area is 387 Å².